The molecule has 1 aliphatic carbocycles. The van der Waals surface area contributed by atoms with Gasteiger partial charge in [0.05, 0.1) is 32.3 Å². The lowest BCUT2D eigenvalue weighted by Gasteiger charge is -2.39. The van der Waals surface area contributed by atoms with Crippen molar-refractivity contribution in [2.24, 2.45) is 5.41 Å². The van der Waals surface area contributed by atoms with Gasteiger partial charge in [0.1, 0.15) is 6.61 Å². The predicted molar refractivity (Wildman–Crippen MR) is 125 cm³/mol. The number of nitrogens with one attached hydrogen (secondary N) is 1. The number of Topliss-reactive ketones (excluding diaryl/α,β-unsaturated/α-hetero) is 1. The summed E-state index contributed by atoms with van der Waals surface area (Å²) < 4.78 is 22.2. The minimum Gasteiger partial charge on any atom is -0.493 e. The molecule has 7 heteroatoms. The molecule has 33 heavy (non-hydrogen) atoms. The molecule has 0 unspecified atom stereocenters. The van der Waals surface area contributed by atoms with E-state index < -0.39 is 11.9 Å². The molecule has 1 aliphatic heterocycles. The van der Waals surface area contributed by atoms with E-state index >= 15 is 0 Å². The number of hydrogen-bond donors (Lipinski definition) is 1. The van der Waals surface area contributed by atoms with Crippen molar-refractivity contribution < 1.29 is 28.5 Å². The summed E-state index contributed by atoms with van der Waals surface area (Å²) in [4.78, 5) is 26.7. The Morgan fingerprint density at radius 3 is 2.55 bits per heavy atom. The molecule has 1 heterocycles. The Morgan fingerprint density at radius 1 is 1.12 bits per heavy atom. The van der Waals surface area contributed by atoms with Crippen molar-refractivity contribution in [2.45, 2.75) is 52.9 Å². The Morgan fingerprint density at radius 2 is 1.88 bits per heavy atom. The largest absolute Gasteiger partial charge is 0.493 e. The van der Waals surface area contributed by atoms with Crippen molar-refractivity contribution in [1.29, 1.82) is 0 Å². The van der Waals surface area contributed by atoms with Gasteiger partial charge >= 0.3 is 5.97 Å². The molecule has 7 nitrogen and oxygen atoms in total. The first-order valence-electron chi connectivity index (χ1n) is 11.4. The van der Waals surface area contributed by atoms with E-state index in [9.17, 15) is 9.59 Å². The summed E-state index contributed by atoms with van der Waals surface area (Å²) in [5.74, 6) is -0.0239. The minimum atomic E-state index is -0.612. The standard InChI is InChI=1S/C26H35NO6/c1-7-11-32-12-13-33-25(29)21-16(2)27-18-14-26(3,4)15-19(28)23(18)22(21)17-9-8-10-20(30-5)24(17)31-6/h8-10,22,27H,7,11-15H2,1-6H3/t22-/m1/s1. The fourth-order valence-corrected chi connectivity index (χ4v) is 4.67. The second kappa shape index (κ2) is 10.4. The summed E-state index contributed by atoms with van der Waals surface area (Å²) in [5, 5.41) is 3.35. The van der Waals surface area contributed by atoms with Gasteiger partial charge in [-0.15, -0.1) is 0 Å². The Hall–Kier alpha value is -2.80. The Bertz CT molecular complexity index is 975. The lowest BCUT2D eigenvalue weighted by atomic mass is 9.68. The highest BCUT2D eigenvalue weighted by atomic mass is 16.6. The van der Waals surface area contributed by atoms with Crippen LogP contribution < -0.4 is 14.8 Å². The third-order valence-corrected chi connectivity index (χ3v) is 6.01. The second-order valence-electron chi connectivity index (χ2n) is 9.26. The van der Waals surface area contributed by atoms with E-state index in [1.807, 2.05) is 26.0 Å². The number of ether oxygens (including phenoxy) is 4. The third kappa shape index (κ3) is 5.24. The zero-order valence-electron chi connectivity index (χ0n) is 20.5. The average Bonchev–Trinajstić information content (AvgIpc) is 2.76. The Labute approximate surface area is 196 Å². The maximum Gasteiger partial charge on any atom is 0.336 e. The number of carbonyl (C=O) groups excluding carboxylic acids is 2. The van der Waals surface area contributed by atoms with Crippen LogP contribution in [-0.4, -0.2) is 45.8 Å². The molecule has 0 saturated heterocycles. The molecule has 1 atom stereocenters. The number of esters is 1. The number of allylic oxidation sites excluding steroid dienone is 3. The highest BCUT2D eigenvalue weighted by molar-refractivity contribution is 6.04. The van der Waals surface area contributed by atoms with Crippen LogP contribution in [-0.2, 0) is 19.1 Å². The quantitative estimate of drug-likeness (QED) is 0.438. The van der Waals surface area contributed by atoms with Gasteiger partial charge < -0.3 is 24.3 Å². The summed E-state index contributed by atoms with van der Waals surface area (Å²) in [6.07, 6.45) is 2.01. The first-order chi connectivity index (χ1) is 15.7. The lowest BCUT2D eigenvalue weighted by molar-refractivity contribution is -0.141. The Kier molecular flexibility index (Phi) is 7.84. The number of dihydropyridines is 1. The van der Waals surface area contributed by atoms with Crippen LogP contribution in [0.4, 0.5) is 0 Å². The molecule has 1 aromatic rings. The number of ketones is 1. The van der Waals surface area contributed by atoms with Crippen molar-refractivity contribution in [1.82, 2.24) is 5.32 Å². The molecule has 0 aromatic heterocycles. The number of hydrogen-bond acceptors (Lipinski definition) is 7. The zero-order chi connectivity index (χ0) is 24.2. The normalized spacial score (nSPS) is 19.7. The van der Waals surface area contributed by atoms with Crippen LogP contribution in [0.5, 0.6) is 11.5 Å². The lowest BCUT2D eigenvalue weighted by Crippen LogP contribution is -2.39. The predicted octanol–water partition coefficient (Wildman–Crippen LogP) is 4.28. The third-order valence-electron chi connectivity index (χ3n) is 6.01. The SMILES string of the molecule is CCCOCCOC(=O)C1=C(C)NC2=C(C(=O)CC(C)(C)C2)[C@@H]1c1cccc(OC)c1OC. The molecule has 0 fully saturated rings. The van der Waals surface area contributed by atoms with Crippen molar-refractivity contribution in [3.63, 3.8) is 0 Å². The van der Waals surface area contributed by atoms with Gasteiger partial charge in [0, 0.05) is 35.6 Å². The van der Waals surface area contributed by atoms with E-state index in [0.717, 1.165) is 12.1 Å². The molecule has 0 radical (unpaired) electrons. The minimum absolute atomic E-state index is 0.0210. The first kappa shape index (κ1) is 24.8. The molecule has 0 saturated carbocycles. The van der Waals surface area contributed by atoms with E-state index in [1.165, 1.54) is 0 Å². The molecule has 0 amide bonds. The number of rotatable bonds is 9. The van der Waals surface area contributed by atoms with Gasteiger partial charge in [-0.1, -0.05) is 32.9 Å². The van der Waals surface area contributed by atoms with Crippen molar-refractivity contribution in [3.05, 3.63) is 46.3 Å². The zero-order valence-corrected chi connectivity index (χ0v) is 20.5. The van der Waals surface area contributed by atoms with Gasteiger partial charge in [-0.25, -0.2) is 4.79 Å². The highest BCUT2D eigenvalue weighted by Crippen LogP contribution is 2.50. The van der Waals surface area contributed by atoms with Gasteiger partial charge in [0.2, 0.25) is 0 Å². The topological polar surface area (TPSA) is 83.1 Å². The van der Waals surface area contributed by atoms with Crippen LogP contribution in [0, 0.1) is 5.41 Å². The molecule has 1 N–H and O–H groups in total. The van der Waals surface area contributed by atoms with Crippen LogP contribution >= 0.6 is 0 Å². The maximum atomic E-state index is 13.4. The highest BCUT2D eigenvalue weighted by Gasteiger charge is 2.44. The van der Waals surface area contributed by atoms with Crippen LogP contribution in [0.3, 0.4) is 0 Å². The molecule has 1 aromatic carbocycles. The van der Waals surface area contributed by atoms with Crippen molar-refractivity contribution in [3.8, 4) is 11.5 Å². The van der Waals surface area contributed by atoms with E-state index in [4.69, 9.17) is 18.9 Å². The monoisotopic (exact) mass is 457 g/mol. The van der Waals surface area contributed by atoms with Crippen LogP contribution in [0.15, 0.2) is 40.7 Å². The van der Waals surface area contributed by atoms with E-state index in [-0.39, 0.29) is 17.8 Å². The van der Waals surface area contributed by atoms with Crippen LogP contribution in [0.2, 0.25) is 0 Å². The summed E-state index contributed by atoms with van der Waals surface area (Å²) in [6.45, 7) is 9.11. The Balaban J connectivity index is 2.08. The van der Waals surface area contributed by atoms with Crippen molar-refractivity contribution >= 4 is 11.8 Å². The number of methoxy groups -OCH3 is 2. The molecule has 0 spiro atoms. The number of para-hydroxylation sites is 1. The van der Waals surface area contributed by atoms with Crippen LogP contribution in [0.25, 0.3) is 0 Å². The first-order valence-corrected chi connectivity index (χ1v) is 11.4. The number of carbonyl (C=O) groups is 2. The van der Waals surface area contributed by atoms with Crippen LogP contribution in [0.1, 0.15) is 58.4 Å². The van der Waals surface area contributed by atoms with E-state index in [0.29, 0.717) is 60.0 Å². The molecular formula is C26H35NO6. The average molecular weight is 458 g/mol. The number of benzene rings is 1. The van der Waals surface area contributed by atoms with Gasteiger partial charge in [0.15, 0.2) is 17.3 Å². The fraction of sp³-hybridized carbons (Fsp3) is 0.538. The van der Waals surface area contributed by atoms with Gasteiger partial charge in [0.25, 0.3) is 0 Å². The fourth-order valence-electron chi connectivity index (χ4n) is 4.67. The smallest absolute Gasteiger partial charge is 0.336 e. The molecule has 0 bridgehead atoms. The van der Waals surface area contributed by atoms with Gasteiger partial charge in [-0.05, 0) is 31.2 Å². The molecule has 180 valence electrons. The summed E-state index contributed by atoms with van der Waals surface area (Å²) in [7, 11) is 3.12. The second-order valence-corrected chi connectivity index (χ2v) is 9.26. The van der Waals surface area contributed by atoms with Gasteiger partial charge in [-0.2, -0.15) is 0 Å². The van der Waals surface area contributed by atoms with E-state index in [1.54, 1.807) is 20.3 Å². The van der Waals surface area contributed by atoms with E-state index in [2.05, 4.69) is 19.2 Å². The maximum absolute atomic E-state index is 13.4. The van der Waals surface area contributed by atoms with Crippen molar-refractivity contribution in [2.75, 3.05) is 34.0 Å². The summed E-state index contributed by atoms with van der Waals surface area (Å²) >= 11 is 0. The molecular weight excluding hydrogens is 422 g/mol. The molecule has 2 aliphatic rings. The summed E-state index contributed by atoms with van der Waals surface area (Å²) in [6, 6.07) is 5.51. The van der Waals surface area contributed by atoms with Gasteiger partial charge in [-0.3, -0.25) is 4.79 Å². The molecule has 3 rings (SSSR count). The summed E-state index contributed by atoms with van der Waals surface area (Å²) in [5.41, 5.74) is 3.07.